The van der Waals surface area contributed by atoms with Crippen molar-refractivity contribution in [3.05, 3.63) is 47.0 Å². The van der Waals surface area contributed by atoms with Crippen LogP contribution in [0.15, 0.2) is 41.5 Å². The molecule has 4 aliphatic rings. The van der Waals surface area contributed by atoms with Gasteiger partial charge in [0.2, 0.25) is 0 Å². The maximum Gasteiger partial charge on any atom is 0.338 e. The van der Waals surface area contributed by atoms with E-state index in [0.29, 0.717) is 5.57 Å². The molecule has 3 aliphatic carbocycles. The number of hydrogen-bond acceptors (Lipinski definition) is 13. The molecule has 0 aromatic heterocycles. The average molecular weight is 673 g/mol. The fraction of sp³-hybridized carbons (Fsp3) is 0.629. The Hall–Kier alpha value is -3.81. The highest BCUT2D eigenvalue weighted by atomic mass is 16.6. The molecule has 13 nitrogen and oxygen atoms in total. The predicted octanol–water partition coefficient (Wildman–Crippen LogP) is 2.59. The van der Waals surface area contributed by atoms with Crippen molar-refractivity contribution in [3.63, 3.8) is 0 Å². The van der Waals surface area contributed by atoms with Gasteiger partial charge in [-0.3, -0.25) is 19.2 Å². The molecule has 1 unspecified atom stereocenters. The molecule has 0 radical (unpaired) electrons. The van der Waals surface area contributed by atoms with Crippen LogP contribution >= 0.6 is 0 Å². The number of hydrogen-bond donors (Lipinski definition) is 2. The van der Waals surface area contributed by atoms with E-state index in [1.165, 1.54) is 46.8 Å². The SMILES string of the molecule is CC(=O)O[C@H]1C[C@H]2OC[C@@]2(OC(C)=O)C2[C@H](OC(C)=O)[C@]3(C(C)(C)O)C[C@H](O)C(C)=C3[C@@H](OC(=O)c3ccccc3)[C@H](OC(C)=O)[C@@]21C. The second-order valence-electron chi connectivity index (χ2n) is 14.1. The number of aliphatic hydroxyl groups excluding tert-OH is 1. The van der Waals surface area contributed by atoms with Crippen LogP contribution in [0.5, 0.6) is 0 Å². The Labute approximate surface area is 278 Å². The summed E-state index contributed by atoms with van der Waals surface area (Å²) in [5.74, 6) is -4.96. The summed E-state index contributed by atoms with van der Waals surface area (Å²) in [5, 5.41) is 23.9. The number of benzene rings is 1. The average Bonchev–Trinajstić information content (AvgIpc) is 3.21. The van der Waals surface area contributed by atoms with Gasteiger partial charge in [-0.05, 0) is 50.5 Å². The first-order valence-electron chi connectivity index (χ1n) is 16.0. The predicted molar refractivity (Wildman–Crippen MR) is 165 cm³/mol. The van der Waals surface area contributed by atoms with Crippen molar-refractivity contribution in [2.75, 3.05) is 6.61 Å². The van der Waals surface area contributed by atoms with Gasteiger partial charge in [0.25, 0.3) is 0 Å². The molecular formula is C35H44O13. The lowest BCUT2D eigenvalue weighted by molar-refractivity contribution is -0.352. The Morgan fingerprint density at radius 1 is 0.875 bits per heavy atom. The molecule has 48 heavy (non-hydrogen) atoms. The van der Waals surface area contributed by atoms with Crippen LogP contribution in [0.2, 0.25) is 0 Å². The zero-order chi connectivity index (χ0) is 35.6. The van der Waals surface area contributed by atoms with Crippen LogP contribution in [0.3, 0.4) is 0 Å². The van der Waals surface area contributed by atoms with E-state index in [2.05, 4.69) is 0 Å². The van der Waals surface area contributed by atoms with Gasteiger partial charge in [-0.2, -0.15) is 0 Å². The van der Waals surface area contributed by atoms with Gasteiger partial charge in [-0.1, -0.05) is 25.1 Å². The third-order valence-electron chi connectivity index (χ3n) is 10.8. The highest BCUT2D eigenvalue weighted by molar-refractivity contribution is 5.89. The number of esters is 5. The Bertz CT molecular complexity index is 1530. The van der Waals surface area contributed by atoms with E-state index in [0.717, 1.165) is 6.92 Å². The summed E-state index contributed by atoms with van der Waals surface area (Å²) in [6, 6.07) is 8.08. The van der Waals surface area contributed by atoms with E-state index in [1.807, 2.05) is 0 Å². The number of ether oxygens (including phenoxy) is 6. The summed E-state index contributed by atoms with van der Waals surface area (Å²) in [7, 11) is 0. The minimum Gasteiger partial charge on any atom is -0.462 e. The highest BCUT2D eigenvalue weighted by Gasteiger charge is 2.80. The Morgan fingerprint density at radius 2 is 1.46 bits per heavy atom. The summed E-state index contributed by atoms with van der Waals surface area (Å²) in [5.41, 5.74) is -6.14. The standard InChI is InChI=1S/C35H44O13/c1-17-23(40)15-34(32(6,7)42)26(17)27(47-31(41)22-12-10-9-11-13-22)29(45-19(3)37)33(8)24(44-18(2)36)14-25-35(16-43-25,48-21(5)39)28(33)30(34)46-20(4)38/h9-13,23-25,27-30,40,42H,14-16H2,1-8H3/t23-,24-,25+,27+,28?,29-,30-,33+,34-,35-/m0/s1. The number of aliphatic hydroxyl groups is 2. The zero-order valence-electron chi connectivity index (χ0n) is 28.4. The summed E-state index contributed by atoms with van der Waals surface area (Å²) in [4.78, 5) is 65.7. The fourth-order valence-corrected chi connectivity index (χ4v) is 8.97. The summed E-state index contributed by atoms with van der Waals surface area (Å²) >= 11 is 0. The number of carbonyl (C=O) groups is 5. The van der Waals surface area contributed by atoms with Crippen molar-refractivity contribution in [1.29, 1.82) is 0 Å². The van der Waals surface area contributed by atoms with E-state index in [-0.39, 0.29) is 30.6 Å². The van der Waals surface area contributed by atoms with Crippen molar-refractivity contribution in [2.45, 2.75) is 116 Å². The van der Waals surface area contributed by atoms with E-state index >= 15 is 0 Å². The molecule has 1 aliphatic heterocycles. The van der Waals surface area contributed by atoms with Crippen LogP contribution in [0.4, 0.5) is 0 Å². The first kappa shape index (κ1) is 35.5. The zero-order valence-corrected chi connectivity index (χ0v) is 28.4. The molecule has 2 N–H and O–H groups in total. The van der Waals surface area contributed by atoms with Crippen LogP contribution in [-0.2, 0) is 47.6 Å². The van der Waals surface area contributed by atoms with E-state index in [1.54, 1.807) is 32.0 Å². The molecule has 0 spiro atoms. The van der Waals surface area contributed by atoms with Gasteiger partial charge < -0.3 is 38.6 Å². The van der Waals surface area contributed by atoms with Gasteiger partial charge in [0.05, 0.1) is 40.6 Å². The molecule has 0 amide bonds. The largest absolute Gasteiger partial charge is 0.462 e. The number of carbonyl (C=O) groups excluding carboxylic acids is 5. The molecule has 1 heterocycles. The van der Waals surface area contributed by atoms with Crippen LogP contribution in [0.1, 0.15) is 78.6 Å². The second-order valence-corrected chi connectivity index (χ2v) is 14.1. The monoisotopic (exact) mass is 672 g/mol. The lowest BCUT2D eigenvalue weighted by atomic mass is 9.49. The highest BCUT2D eigenvalue weighted by Crippen LogP contribution is 2.68. The quantitative estimate of drug-likeness (QED) is 0.245. The second kappa shape index (κ2) is 12.3. The lowest BCUT2D eigenvalue weighted by Gasteiger charge is -2.65. The molecule has 3 fully saturated rings. The fourth-order valence-electron chi connectivity index (χ4n) is 8.97. The molecule has 10 atom stereocenters. The van der Waals surface area contributed by atoms with Gasteiger partial charge in [-0.25, -0.2) is 4.79 Å². The van der Waals surface area contributed by atoms with Gasteiger partial charge in [0, 0.05) is 34.1 Å². The maximum absolute atomic E-state index is 13.9. The molecule has 0 bridgehead atoms. The molecular weight excluding hydrogens is 628 g/mol. The molecule has 13 heteroatoms. The Balaban J connectivity index is 1.93. The first-order chi connectivity index (χ1) is 22.3. The van der Waals surface area contributed by atoms with Crippen molar-refractivity contribution in [3.8, 4) is 0 Å². The Kier molecular flexibility index (Phi) is 9.07. The van der Waals surface area contributed by atoms with Gasteiger partial charge in [-0.15, -0.1) is 0 Å². The molecule has 2 saturated carbocycles. The number of rotatable bonds is 7. The van der Waals surface area contributed by atoms with Crippen molar-refractivity contribution >= 4 is 29.8 Å². The van der Waals surface area contributed by atoms with Crippen LogP contribution in [0.25, 0.3) is 0 Å². The molecule has 1 aromatic rings. The van der Waals surface area contributed by atoms with Crippen molar-refractivity contribution in [2.24, 2.45) is 16.7 Å². The van der Waals surface area contributed by atoms with Crippen LogP contribution < -0.4 is 0 Å². The maximum atomic E-state index is 13.9. The van der Waals surface area contributed by atoms with E-state index in [4.69, 9.17) is 28.4 Å². The minimum atomic E-state index is -1.84. The summed E-state index contributed by atoms with van der Waals surface area (Å²) in [6.45, 7) is 10.8. The molecule has 262 valence electrons. The third kappa shape index (κ3) is 5.39. The summed E-state index contributed by atoms with van der Waals surface area (Å²) in [6.07, 6.45) is -7.94. The Morgan fingerprint density at radius 3 is 1.96 bits per heavy atom. The minimum absolute atomic E-state index is 0.0278. The van der Waals surface area contributed by atoms with E-state index in [9.17, 15) is 34.2 Å². The van der Waals surface area contributed by atoms with Crippen molar-refractivity contribution in [1.82, 2.24) is 0 Å². The van der Waals surface area contributed by atoms with Gasteiger partial charge in [0.15, 0.2) is 17.8 Å². The van der Waals surface area contributed by atoms with Crippen LogP contribution in [-0.4, -0.2) is 94.5 Å². The van der Waals surface area contributed by atoms with E-state index < -0.39 is 94.4 Å². The normalized spacial score (nSPS) is 37.0. The molecule has 5 rings (SSSR count). The topological polar surface area (TPSA) is 181 Å². The third-order valence-corrected chi connectivity index (χ3v) is 10.8. The number of fused-ring (bicyclic) bond motifs is 4. The lowest BCUT2D eigenvalue weighted by Crippen LogP contribution is -2.79. The molecule has 1 saturated heterocycles. The van der Waals surface area contributed by atoms with Gasteiger partial charge >= 0.3 is 29.8 Å². The van der Waals surface area contributed by atoms with Gasteiger partial charge in [0.1, 0.15) is 18.3 Å². The smallest absolute Gasteiger partial charge is 0.338 e. The summed E-state index contributed by atoms with van der Waals surface area (Å²) < 4.78 is 36.7. The molecule has 1 aromatic carbocycles. The van der Waals surface area contributed by atoms with Crippen molar-refractivity contribution < 1.29 is 62.6 Å². The first-order valence-corrected chi connectivity index (χ1v) is 16.0. The van der Waals surface area contributed by atoms with Crippen LogP contribution in [0, 0.1) is 16.7 Å².